The Morgan fingerprint density at radius 1 is 1.12 bits per heavy atom. The molecule has 0 saturated carbocycles. The van der Waals surface area contributed by atoms with Crippen LogP contribution in [0.15, 0.2) is 58.3 Å². The maximum absolute atomic E-state index is 12.0. The molecule has 1 aliphatic heterocycles. The summed E-state index contributed by atoms with van der Waals surface area (Å²) in [7, 11) is 0. The third-order valence-corrected chi connectivity index (χ3v) is 3.68. The summed E-state index contributed by atoms with van der Waals surface area (Å²) in [6.07, 6.45) is 0. The van der Waals surface area contributed by atoms with E-state index in [2.05, 4.69) is 0 Å². The van der Waals surface area contributed by atoms with Crippen LogP contribution in [0.4, 0.5) is 11.4 Å². The first-order chi connectivity index (χ1) is 9.09. The van der Waals surface area contributed by atoms with Gasteiger partial charge in [0.05, 0.1) is 14.1 Å². The SMILES string of the molecule is [2H]c1cccc2c1N(C(C)=O)c1c([2H])cccc1S2. The van der Waals surface area contributed by atoms with Crippen LogP contribution in [0.25, 0.3) is 0 Å². The minimum atomic E-state index is -0.179. The van der Waals surface area contributed by atoms with Crippen LogP contribution >= 0.6 is 11.8 Å². The number of amides is 1. The molecule has 0 atom stereocenters. The van der Waals surface area contributed by atoms with Gasteiger partial charge in [0, 0.05) is 16.7 Å². The van der Waals surface area contributed by atoms with Crippen molar-refractivity contribution < 1.29 is 7.54 Å². The van der Waals surface area contributed by atoms with Crippen molar-refractivity contribution in [2.75, 3.05) is 4.90 Å². The van der Waals surface area contributed by atoms with Gasteiger partial charge >= 0.3 is 0 Å². The molecule has 17 heavy (non-hydrogen) atoms. The molecule has 3 heteroatoms. The Hall–Kier alpha value is -1.74. The van der Waals surface area contributed by atoms with Crippen molar-refractivity contribution in [3.63, 3.8) is 0 Å². The summed E-state index contributed by atoms with van der Waals surface area (Å²) in [6, 6.07) is 11.3. The van der Waals surface area contributed by atoms with E-state index in [1.807, 2.05) is 24.3 Å². The minimum Gasteiger partial charge on any atom is -0.279 e. The molecule has 1 heterocycles. The van der Waals surface area contributed by atoms with Gasteiger partial charge in [0.25, 0.3) is 0 Å². The van der Waals surface area contributed by atoms with Gasteiger partial charge in [0.15, 0.2) is 0 Å². The van der Waals surface area contributed by atoms with Crippen LogP contribution in [0, 0.1) is 0 Å². The first-order valence-electron chi connectivity index (χ1n) is 6.27. The molecular formula is C14H11NOS. The van der Waals surface area contributed by atoms with Crippen molar-refractivity contribution in [1.82, 2.24) is 0 Å². The fraction of sp³-hybridized carbons (Fsp3) is 0.0714. The second-order valence-electron chi connectivity index (χ2n) is 3.72. The van der Waals surface area contributed by atoms with E-state index in [1.54, 1.807) is 12.1 Å². The van der Waals surface area contributed by atoms with Gasteiger partial charge in [-0.15, -0.1) is 0 Å². The third kappa shape index (κ3) is 1.63. The lowest BCUT2D eigenvalue weighted by Crippen LogP contribution is -2.25. The van der Waals surface area contributed by atoms with Crippen LogP contribution in [0.1, 0.15) is 9.67 Å². The van der Waals surface area contributed by atoms with Gasteiger partial charge in [0.1, 0.15) is 0 Å². The fourth-order valence-corrected chi connectivity index (χ4v) is 2.91. The molecule has 0 aromatic heterocycles. The second-order valence-corrected chi connectivity index (χ2v) is 4.81. The summed E-state index contributed by atoms with van der Waals surface area (Å²) >= 11 is 1.50. The van der Waals surface area contributed by atoms with Crippen LogP contribution in [0.2, 0.25) is 0 Å². The highest BCUT2D eigenvalue weighted by Crippen LogP contribution is 2.47. The summed E-state index contributed by atoms with van der Waals surface area (Å²) in [6.45, 7) is 1.46. The number of fused-ring (bicyclic) bond motifs is 2. The quantitative estimate of drug-likeness (QED) is 0.700. The number of carbonyl (C=O) groups excluding carboxylic acids is 1. The molecule has 2 aromatic carbocycles. The number of rotatable bonds is 0. The van der Waals surface area contributed by atoms with Gasteiger partial charge in [-0.05, 0) is 24.2 Å². The summed E-state index contributed by atoms with van der Waals surface area (Å²) in [5.41, 5.74) is 1.15. The van der Waals surface area contributed by atoms with Gasteiger partial charge in [0.2, 0.25) is 5.91 Å². The Bertz CT molecular complexity index is 636. The summed E-state index contributed by atoms with van der Waals surface area (Å²) < 4.78 is 16.0. The molecule has 0 radical (unpaired) electrons. The Labute approximate surface area is 107 Å². The van der Waals surface area contributed by atoms with E-state index in [0.29, 0.717) is 23.5 Å². The molecule has 2 aromatic rings. The van der Waals surface area contributed by atoms with Crippen molar-refractivity contribution in [2.45, 2.75) is 16.7 Å². The first-order valence-corrected chi connectivity index (χ1v) is 6.09. The number of nitrogens with zero attached hydrogens (tertiary/aromatic N) is 1. The highest BCUT2D eigenvalue weighted by atomic mass is 32.2. The molecule has 0 N–H and O–H groups in total. The van der Waals surface area contributed by atoms with Crippen LogP contribution < -0.4 is 4.90 Å². The third-order valence-electron chi connectivity index (χ3n) is 2.58. The Morgan fingerprint density at radius 3 is 2.12 bits per heavy atom. The normalized spacial score (nSPS) is 14.5. The van der Waals surface area contributed by atoms with Crippen LogP contribution in [-0.2, 0) is 4.79 Å². The molecular weight excluding hydrogens is 230 g/mol. The molecule has 0 aliphatic carbocycles. The molecule has 0 spiro atoms. The second kappa shape index (κ2) is 3.93. The highest BCUT2D eigenvalue weighted by Gasteiger charge is 2.25. The monoisotopic (exact) mass is 243 g/mol. The number of hydrogen-bond acceptors (Lipinski definition) is 2. The van der Waals surface area contributed by atoms with E-state index < -0.39 is 0 Å². The molecule has 2 nitrogen and oxygen atoms in total. The minimum absolute atomic E-state index is 0.179. The Kier molecular flexibility index (Phi) is 1.93. The molecule has 3 rings (SSSR count). The van der Waals surface area contributed by atoms with Gasteiger partial charge in [-0.1, -0.05) is 36.0 Å². The average molecular weight is 243 g/mol. The predicted molar refractivity (Wildman–Crippen MR) is 69.8 cm³/mol. The molecule has 0 fully saturated rings. The molecule has 1 aliphatic rings. The number of para-hydroxylation sites is 2. The lowest BCUT2D eigenvalue weighted by Gasteiger charge is -2.30. The fourth-order valence-electron chi connectivity index (χ4n) is 1.88. The van der Waals surface area contributed by atoms with Crippen molar-refractivity contribution in [3.8, 4) is 0 Å². The molecule has 0 saturated heterocycles. The lowest BCUT2D eigenvalue weighted by atomic mass is 10.2. The smallest absolute Gasteiger partial charge is 0.228 e. The summed E-state index contributed by atoms with van der Waals surface area (Å²) in [5.74, 6) is -0.179. The summed E-state index contributed by atoms with van der Waals surface area (Å²) in [4.78, 5) is 15.2. The molecule has 0 unspecified atom stereocenters. The van der Waals surface area contributed by atoms with E-state index >= 15 is 0 Å². The van der Waals surface area contributed by atoms with Crippen molar-refractivity contribution >= 4 is 29.0 Å². The lowest BCUT2D eigenvalue weighted by molar-refractivity contribution is -0.115. The zero-order valence-electron chi connectivity index (χ0n) is 11.2. The summed E-state index contributed by atoms with van der Waals surface area (Å²) in [5, 5.41) is 0. The highest BCUT2D eigenvalue weighted by molar-refractivity contribution is 7.99. The number of benzene rings is 2. The number of hydrogen-bond donors (Lipinski definition) is 0. The van der Waals surface area contributed by atoms with Crippen molar-refractivity contribution in [3.05, 3.63) is 48.5 Å². The zero-order valence-corrected chi connectivity index (χ0v) is 10.0. The number of anilines is 2. The zero-order chi connectivity index (χ0) is 13.6. The van der Waals surface area contributed by atoms with Crippen molar-refractivity contribution in [2.24, 2.45) is 0 Å². The van der Waals surface area contributed by atoms with E-state index in [-0.39, 0.29) is 5.91 Å². The average Bonchev–Trinajstić information content (AvgIpc) is 2.37. The molecule has 84 valence electrons. The van der Waals surface area contributed by atoms with E-state index in [4.69, 9.17) is 2.74 Å². The largest absolute Gasteiger partial charge is 0.279 e. The predicted octanol–water partition coefficient (Wildman–Crippen LogP) is 3.84. The van der Waals surface area contributed by atoms with Crippen LogP contribution in [0.5, 0.6) is 0 Å². The van der Waals surface area contributed by atoms with Crippen LogP contribution in [0.3, 0.4) is 0 Å². The van der Waals surface area contributed by atoms with Gasteiger partial charge in [-0.3, -0.25) is 9.69 Å². The van der Waals surface area contributed by atoms with E-state index in [0.717, 1.165) is 9.79 Å². The standard InChI is InChI=1S/C14H11NOS/c1-10(16)15-11-6-2-4-8-13(11)17-14-9-5-3-7-12(14)15/h2-9H,1H3/i6D,7D. The van der Waals surface area contributed by atoms with Gasteiger partial charge in [-0.25, -0.2) is 0 Å². The topological polar surface area (TPSA) is 20.3 Å². The van der Waals surface area contributed by atoms with E-state index in [9.17, 15) is 4.79 Å². The maximum Gasteiger partial charge on any atom is 0.228 e. The molecule has 1 amide bonds. The van der Waals surface area contributed by atoms with Gasteiger partial charge in [-0.2, -0.15) is 0 Å². The number of carbonyl (C=O) groups is 1. The van der Waals surface area contributed by atoms with Crippen LogP contribution in [-0.4, -0.2) is 5.91 Å². The van der Waals surface area contributed by atoms with E-state index in [1.165, 1.54) is 23.6 Å². The first kappa shape index (κ1) is 8.37. The Balaban J connectivity index is 2.32. The van der Waals surface area contributed by atoms with Gasteiger partial charge < -0.3 is 0 Å². The van der Waals surface area contributed by atoms with Crippen molar-refractivity contribution in [1.29, 1.82) is 0 Å². The molecule has 0 bridgehead atoms. The Morgan fingerprint density at radius 2 is 1.65 bits per heavy atom. The maximum atomic E-state index is 12.0.